The monoisotopic (exact) mass is 120 g/mol. The minimum atomic E-state index is -1.49. The van der Waals surface area contributed by atoms with Crippen LogP contribution in [0.4, 0.5) is 0 Å². The zero-order valence-electron chi connectivity index (χ0n) is 4.93. The predicted molar refractivity (Wildman–Crippen MR) is 31.5 cm³/mol. The maximum atomic E-state index is 10.4. The van der Waals surface area contributed by atoms with E-state index in [-0.39, 0.29) is 5.16 Å². The first-order chi connectivity index (χ1) is 2.94. The number of rotatable bonds is 0. The molecule has 42 valence electrons. The standard InChI is InChI=1S/C4H11NOP/c1-4(2,3)7(5)6/h1-3H3,(H2,5,6)/q+1. The quantitative estimate of drug-likeness (QED) is 0.492. The fourth-order valence-corrected chi connectivity index (χ4v) is 0. The second kappa shape index (κ2) is 1.89. The summed E-state index contributed by atoms with van der Waals surface area (Å²) in [5, 5.41) is -0.213. The van der Waals surface area contributed by atoms with Crippen LogP contribution in [0.5, 0.6) is 0 Å². The average molecular weight is 120 g/mol. The van der Waals surface area contributed by atoms with Gasteiger partial charge in [0.2, 0.25) is 0 Å². The number of nitrogens with two attached hydrogens (primary N) is 1. The normalized spacial score (nSPS) is 14.0. The number of hydrogen-bond acceptors (Lipinski definition) is 1. The van der Waals surface area contributed by atoms with Crippen LogP contribution in [0.25, 0.3) is 0 Å². The van der Waals surface area contributed by atoms with Gasteiger partial charge in [0.25, 0.3) is 0 Å². The Labute approximate surface area is 44.9 Å². The van der Waals surface area contributed by atoms with Gasteiger partial charge >= 0.3 is 7.95 Å². The van der Waals surface area contributed by atoms with Crippen molar-refractivity contribution >= 4 is 7.95 Å². The summed E-state index contributed by atoms with van der Waals surface area (Å²) >= 11 is 0. The van der Waals surface area contributed by atoms with Crippen molar-refractivity contribution in [3.63, 3.8) is 0 Å². The first-order valence-corrected chi connectivity index (χ1v) is 3.49. The molecule has 0 fully saturated rings. The smallest absolute Gasteiger partial charge is 0.121 e. The molecule has 0 aromatic heterocycles. The minimum absolute atomic E-state index is 0.213. The minimum Gasteiger partial charge on any atom is -0.121 e. The molecule has 0 rings (SSSR count). The van der Waals surface area contributed by atoms with E-state index in [2.05, 4.69) is 0 Å². The van der Waals surface area contributed by atoms with Gasteiger partial charge in [0.1, 0.15) is 0 Å². The molecule has 0 aliphatic carbocycles. The third kappa shape index (κ3) is 2.72. The fraction of sp³-hybridized carbons (Fsp3) is 1.00. The molecule has 7 heavy (non-hydrogen) atoms. The second-order valence-corrected chi connectivity index (χ2v) is 4.49. The fourth-order valence-electron chi connectivity index (χ4n) is 0. The van der Waals surface area contributed by atoms with E-state index < -0.39 is 7.95 Å². The molecule has 1 atom stereocenters. The van der Waals surface area contributed by atoms with E-state index in [1.165, 1.54) is 0 Å². The van der Waals surface area contributed by atoms with Crippen LogP contribution in [0.3, 0.4) is 0 Å². The topological polar surface area (TPSA) is 43.1 Å². The van der Waals surface area contributed by atoms with Gasteiger partial charge in [-0.2, -0.15) is 0 Å². The van der Waals surface area contributed by atoms with Crippen LogP contribution in [0.15, 0.2) is 0 Å². The van der Waals surface area contributed by atoms with Crippen molar-refractivity contribution in [3.8, 4) is 0 Å². The van der Waals surface area contributed by atoms with Gasteiger partial charge in [-0.1, -0.05) is 4.57 Å². The molecule has 0 saturated heterocycles. The van der Waals surface area contributed by atoms with E-state index in [9.17, 15) is 4.57 Å². The Morgan fingerprint density at radius 2 is 1.57 bits per heavy atom. The second-order valence-electron chi connectivity index (χ2n) is 2.50. The van der Waals surface area contributed by atoms with Crippen molar-refractivity contribution in [2.24, 2.45) is 5.50 Å². The molecule has 0 aliphatic rings. The van der Waals surface area contributed by atoms with Crippen LogP contribution in [0, 0.1) is 0 Å². The molecule has 0 aliphatic heterocycles. The van der Waals surface area contributed by atoms with E-state index in [0.29, 0.717) is 0 Å². The summed E-state index contributed by atoms with van der Waals surface area (Å²) in [5.41, 5.74) is 5.08. The molecule has 3 heteroatoms. The molecule has 0 bridgehead atoms. The molecule has 0 aromatic carbocycles. The van der Waals surface area contributed by atoms with Gasteiger partial charge in [0.05, 0.1) is 0 Å². The SMILES string of the molecule is CC(C)(C)[P+](N)=O. The summed E-state index contributed by atoms with van der Waals surface area (Å²) in [6, 6.07) is 0. The molecule has 1 unspecified atom stereocenters. The Bertz CT molecular complexity index is 84.2. The van der Waals surface area contributed by atoms with Crippen molar-refractivity contribution < 1.29 is 4.57 Å². The van der Waals surface area contributed by atoms with Crippen LogP contribution in [-0.2, 0) is 4.57 Å². The average Bonchev–Trinajstić information content (AvgIpc) is 1.31. The maximum absolute atomic E-state index is 10.4. The van der Waals surface area contributed by atoms with Crippen LogP contribution in [-0.4, -0.2) is 5.16 Å². The number of hydrogen-bond donors (Lipinski definition) is 1. The molecular weight excluding hydrogens is 109 g/mol. The first kappa shape index (κ1) is 7.06. The zero-order valence-corrected chi connectivity index (χ0v) is 5.83. The summed E-state index contributed by atoms with van der Waals surface area (Å²) < 4.78 is 10.4. The highest BCUT2D eigenvalue weighted by Gasteiger charge is 2.29. The van der Waals surface area contributed by atoms with Crippen LogP contribution in [0.1, 0.15) is 20.8 Å². The van der Waals surface area contributed by atoms with Crippen molar-refractivity contribution in [2.75, 3.05) is 0 Å². The van der Waals surface area contributed by atoms with Gasteiger partial charge in [0.15, 0.2) is 5.16 Å². The predicted octanol–water partition coefficient (Wildman–Crippen LogP) is 1.49. The molecule has 0 amide bonds. The highest BCUT2D eigenvalue weighted by atomic mass is 31.1. The van der Waals surface area contributed by atoms with Crippen molar-refractivity contribution in [1.82, 2.24) is 0 Å². The van der Waals surface area contributed by atoms with Gasteiger partial charge in [-0.15, -0.1) is 5.50 Å². The molecule has 0 heterocycles. The van der Waals surface area contributed by atoms with Gasteiger partial charge in [-0.05, 0) is 20.8 Å². The van der Waals surface area contributed by atoms with Gasteiger partial charge in [-0.3, -0.25) is 0 Å². The summed E-state index contributed by atoms with van der Waals surface area (Å²) in [6.45, 7) is 5.56. The highest BCUT2D eigenvalue weighted by molar-refractivity contribution is 7.43. The lowest BCUT2D eigenvalue weighted by molar-refractivity contribution is 0.566. The van der Waals surface area contributed by atoms with Gasteiger partial charge in [0, 0.05) is 0 Å². The third-order valence-corrected chi connectivity index (χ3v) is 1.98. The zero-order chi connectivity index (χ0) is 6.08. The molecule has 0 saturated carbocycles. The van der Waals surface area contributed by atoms with Crippen molar-refractivity contribution in [1.29, 1.82) is 0 Å². The van der Waals surface area contributed by atoms with E-state index >= 15 is 0 Å². The molecule has 0 aromatic rings. The van der Waals surface area contributed by atoms with Crippen molar-refractivity contribution in [3.05, 3.63) is 0 Å². The largest absolute Gasteiger partial charge is 0.434 e. The van der Waals surface area contributed by atoms with Crippen LogP contribution >= 0.6 is 7.95 Å². The Hall–Kier alpha value is 0.0600. The summed E-state index contributed by atoms with van der Waals surface area (Å²) in [6.07, 6.45) is 0. The first-order valence-electron chi connectivity index (χ1n) is 2.16. The van der Waals surface area contributed by atoms with Gasteiger partial charge in [-0.25, -0.2) is 0 Å². The summed E-state index contributed by atoms with van der Waals surface area (Å²) in [7, 11) is -1.49. The summed E-state index contributed by atoms with van der Waals surface area (Å²) in [4.78, 5) is 0. The molecule has 0 spiro atoms. The molecule has 2 N–H and O–H groups in total. The van der Waals surface area contributed by atoms with Crippen LogP contribution in [0.2, 0.25) is 0 Å². The lowest BCUT2D eigenvalue weighted by Crippen LogP contribution is -2.10. The Morgan fingerprint density at radius 3 is 1.57 bits per heavy atom. The van der Waals surface area contributed by atoms with E-state index in [4.69, 9.17) is 5.50 Å². The molecule has 0 radical (unpaired) electrons. The highest BCUT2D eigenvalue weighted by Crippen LogP contribution is 2.29. The summed E-state index contributed by atoms with van der Waals surface area (Å²) in [5.74, 6) is 0. The van der Waals surface area contributed by atoms with E-state index in [0.717, 1.165) is 0 Å². The molecule has 2 nitrogen and oxygen atoms in total. The Kier molecular flexibility index (Phi) is 1.91. The lowest BCUT2D eigenvalue weighted by atomic mass is 10.3. The maximum Gasteiger partial charge on any atom is 0.434 e. The molecular formula is C4H11NOP+. The Balaban J connectivity index is 3.79. The van der Waals surface area contributed by atoms with Crippen molar-refractivity contribution in [2.45, 2.75) is 25.9 Å². The lowest BCUT2D eigenvalue weighted by Gasteiger charge is -1.97. The van der Waals surface area contributed by atoms with E-state index in [1.807, 2.05) is 20.8 Å². The Morgan fingerprint density at radius 1 is 1.43 bits per heavy atom. The van der Waals surface area contributed by atoms with Gasteiger partial charge < -0.3 is 0 Å². The third-order valence-electron chi connectivity index (χ3n) is 0.661. The van der Waals surface area contributed by atoms with E-state index in [1.54, 1.807) is 0 Å². The van der Waals surface area contributed by atoms with Crippen LogP contribution < -0.4 is 5.50 Å².